The molecule has 2 aromatic carbocycles. The number of methoxy groups -OCH3 is 1. The van der Waals surface area contributed by atoms with Crippen LogP contribution in [0.4, 0.5) is 5.69 Å². The Balaban J connectivity index is 1.55. The number of rotatable bonds is 4. The highest BCUT2D eigenvalue weighted by molar-refractivity contribution is 7.19. The highest BCUT2D eigenvalue weighted by Gasteiger charge is 2.14. The van der Waals surface area contributed by atoms with Crippen LogP contribution in [0.25, 0.3) is 15.5 Å². The van der Waals surface area contributed by atoms with Gasteiger partial charge in [0.25, 0.3) is 5.91 Å². The number of anilines is 1. The number of halogens is 1. The number of aromatic nitrogens is 4. The molecule has 2 aromatic heterocycles. The Bertz CT molecular complexity index is 1060. The summed E-state index contributed by atoms with van der Waals surface area (Å²) in [6.45, 7) is 0. The normalized spacial score (nSPS) is 10.8. The summed E-state index contributed by atoms with van der Waals surface area (Å²) >= 11 is 7.42. The van der Waals surface area contributed by atoms with Crippen molar-refractivity contribution in [3.8, 4) is 16.3 Å². The van der Waals surface area contributed by atoms with Gasteiger partial charge in [0, 0.05) is 16.3 Å². The Morgan fingerprint density at radius 3 is 2.77 bits per heavy atom. The monoisotopic (exact) mass is 385 g/mol. The van der Waals surface area contributed by atoms with E-state index in [9.17, 15) is 4.79 Å². The lowest BCUT2D eigenvalue weighted by Crippen LogP contribution is -2.13. The number of hydrogen-bond donors (Lipinski definition) is 1. The average Bonchev–Trinajstić information content (AvgIpc) is 3.24. The maximum atomic E-state index is 12.5. The maximum absolute atomic E-state index is 12.5. The second kappa shape index (κ2) is 6.74. The lowest BCUT2D eigenvalue weighted by Gasteiger charge is -2.10. The first kappa shape index (κ1) is 16.5. The fourth-order valence-corrected chi connectivity index (χ4v) is 3.43. The summed E-state index contributed by atoms with van der Waals surface area (Å²) in [5, 5.41) is 16.3. The summed E-state index contributed by atoms with van der Waals surface area (Å²) in [7, 11) is 1.51. The van der Waals surface area contributed by atoms with Crippen molar-refractivity contribution in [2.75, 3.05) is 12.4 Å². The van der Waals surface area contributed by atoms with Gasteiger partial charge in [0.05, 0.1) is 12.7 Å². The summed E-state index contributed by atoms with van der Waals surface area (Å²) < 4.78 is 6.84. The van der Waals surface area contributed by atoms with Gasteiger partial charge in [-0.25, -0.2) is 0 Å². The number of amides is 1. The summed E-state index contributed by atoms with van der Waals surface area (Å²) in [6.07, 6.45) is 1.56. The van der Waals surface area contributed by atoms with E-state index in [-0.39, 0.29) is 5.91 Å². The van der Waals surface area contributed by atoms with Crippen LogP contribution in [0.3, 0.4) is 0 Å². The van der Waals surface area contributed by atoms with Gasteiger partial charge in [-0.1, -0.05) is 22.9 Å². The molecule has 9 heteroatoms. The molecular formula is C17H12ClN5O2S. The molecule has 130 valence electrons. The Kier molecular flexibility index (Phi) is 4.27. The van der Waals surface area contributed by atoms with Gasteiger partial charge in [0.1, 0.15) is 17.1 Å². The van der Waals surface area contributed by atoms with E-state index in [2.05, 4.69) is 20.6 Å². The van der Waals surface area contributed by atoms with Crippen molar-refractivity contribution in [1.29, 1.82) is 0 Å². The van der Waals surface area contributed by atoms with Crippen LogP contribution in [0, 0.1) is 0 Å². The highest BCUT2D eigenvalue weighted by Crippen LogP contribution is 2.27. The van der Waals surface area contributed by atoms with Crippen LogP contribution in [0.5, 0.6) is 5.75 Å². The Morgan fingerprint density at radius 2 is 2.04 bits per heavy atom. The molecule has 4 rings (SSSR count). The molecule has 1 amide bonds. The number of nitrogens with zero attached hydrogens (tertiary/aromatic N) is 4. The highest BCUT2D eigenvalue weighted by atomic mass is 35.5. The fourth-order valence-electron chi connectivity index (χ4n) is 2.43. The second-order valence-corrected chi connectivity index (χ2v) is 6.73. The predicted octanol–water partition coefficient (Wildman–Crippen LogP) is 3.77. The van der Waals surface area contributed by atoms with Crippen molar-refractivity contribution in [1.82, 2.24) is 19.8 Å². The minimum absolute atomic E-state index is 0.295. The van der Waals surface area contributed by atoms with Crippen LogP contribution in [0.2, 0.25) is 5.02 Å². The van der Waals surface area contributed by atoms with E-state index in [0.717, 1.165) is 15.5 Å². The molecule has 4 aromatic rings. The van der Waals surface area contributed by atoms with Gasteiger partial charge in [-0.3, -0.25) is 4.79 Å². The summed E-state index contributed by atoms with van der Waals surface area (Å²) in [6, 6.07) is 12.3. The molecule has 26 heavy (non-hydrogen) atoms. The maximum Gasteiger partial charge on any atom is 0.259 e. The first-order valence-corrected chi connectivity index (χ1v) is 8.75. The summed E-state index contributed by atoms with van der Waals surface area (Å²) in [5.74, 6) is 0.166. The Labute approximate surface area is 157 Å². The minimum atomic E-state index is -0.295. The number of carbonyl (C=O) groups is 1. The lowest BCUT2D eigenvalue weighted by molar-refractivity contribution is 0.102. The number of fused-ring (bicyclic) bond motifs is 1. The molecule has 0 atom stereocenters. The van der Waals surface area contributed by atoms with Gasteiger partial charge in [-0.15, -0.1) is 10.2 Å². The van der Waals surface area contributed by atoms with Crippen LogP contribution in [-0.4, -0.2) is 32.8 Å². The van der Waals surface area contributed by atoms with Gasteiger partial charge >= 0.3 is 0 Å². The first-order chi connectivity index (χ1) is 12.6. The average molecular weight is 386 g/mol. The molecule has 0 radical (unpaired) electrons. The van der Waals surface area contributed by atoms with Gasteiger partial charge in [0.2, 0.25) is 4.96 Å². The molecule has 0 saturated heterocycles. The Hall–Kier alpha value is -2.97. The van der Waals surface area contributed by atoms with E-state index >= 15 is 0 Å². The summed E-state index contributed by atoms with van der Waals surface area (Å²) in [4.78, 5) is 13.2. The van der Waals surface area contributed by atoms with E-state index in [0.29, 0.717) is 22.0 Å². The first-order valence-electron chi connectivity index (χ1n) is 7.56. The molecule has 0 unspecified atom stereocenters. The summed E-state index contributed by atoms with van der Waals surface area (Å²) in [5.41, 5.74) is 1.96. The fraction of sp³-hybridized carbons (Fsp3) is 0.0588. The van der Waals surface area contributed by atoms with E-state index in [1.807, 2.05) is 24.3 Å². The molecular weight excluding hydrogens is 374 g/mol. The van der Waals surface area contributed by atoms with Crippen LogP contribution < -0.4 is 10.1 Å². The van der Waals surface area contributed by atoms with Gasteiger partial charge in [0.15, 0.2) is 0 Å². The number of ether oxygens (including phenoxy) is 1. The molecule has 0 saturated carbocycles. The zero-order valence-corrected chi connectivity index (χ0v) is 15.1. The zero-order valence-electron chi connectivity index (χ0n) is 13.5. The molecule has 7 nitrogen and oxygen atoms in total. The molecule has 2 heterocycles. The lowest BCUT2D eigenvalue weighted by atomic mass is 10.1. The molecule has 0 aliphatic carbocycles. The van der Waals surface area contributed by atoms with Gasteiger partial charge in [-0.2, -0.15) is 9.61 Å². The van der Waals surface area contributed by atoms with Gasteiger partial charge in [-0.05, 0) is 42.5 Å². The third kappa shape index (κ3) is 3.12. The predicted molar refractivity (Wildman–Crippen MR) is 100 cm³/mol. The van der Waals surface area contributed by atoms with Gasteiger partial charge < -0.3 is 10.1 Å². The van der Waals surface area contributed by atoms with E-state index < -0.39 is 0 Å². The molecule has 0 spiro atoms. The van der Waals surface area contributed by atoms with Crippen molar-refractivity contribution in [3.63, 3.8) is 0 Å². The van der Waals surface area contributed by atoms with Crippen LogP contribution in [0.15, 0.2) is 48.8 Å². The largest absolute Gasteiger partial charge is 0.496 e. The molecule has 0 aliphatic rings. The minimum Gasteiger partial charge on any atom is -0.496 e. The molecule has 0 bridgehead atoms. The second-order valence-electron chi connectivity index (χ2n) is 5.34. The van der Waals surface area contributed by atoms with Crippen molar-refractivity contribution >= 4 is 39.5 Å². The van der Waals surface area contributed by atoms with Crippen molar-refractivity contribution in [2.24, 2.45) is 0 Å². The topological polar surface area (TPSA) is 81.4 Å². The van der Waals surface area contributed by atoms with E-state index in [1.165, 1.54) is 18.4 Å². The number of nitrogens with one attached hydrogen (secondary N) is 1. The van der Waals surface area contributed by atoms with Crippen LogP contribution in [-0.2, 0) is 0 Å². The molecule has 0 fully saturated rings. The quantitative estimate of drug-likeness (QED) is 0.578. The number of carbonyl (C=O) groups excluding carboxylic acids is 1. The van der Waals surface area contributed by atoms with E-state index in [1.54, 1.807) is 29.0 Å². The SMILES string of the molecule is COc1ccc(Cl)cc1C(=O)Nc1ccc(-c2nn3cnnc3s2)cc1. The van der Waals surface area contributed by atoms with Crippen molar-refractivity contribution < 1.29 is 9.53 Å². The zero-order chi connectivity index (χ0) is 18.1. The Morgan fingerprint density at radius 1 is 1.23 bits per heavy atom. The smallest absolute Gasteiger partial charge is 0.259 e. The number of hydrogen-bond acceptors (Lipinski definition) is 6. The van der Waals surface area contributed by atoms with Crippen molar-refractivity contribution in [3.05, 3.63) is 59.4 Å². The number of benzene rings is 2. The molecule has 0 aliphatic heterocycles. The third-order valence-electron chi connectivity index (χ3n) is 3.68. The van der Waals surface area contributed by atoms with E-state index in [4.69, 9.17) is 16.3 Å². The molecule has 1 N–H and O–H groups in total. The van der Waals surface area contributed by atoms with Crippen molar-refractivity contribution in [2.45, 2.75) is 0 Å². The standard InChI is InChI=1S/C17H12ClN5O2S/c1-25-14-7-4-11(18)8-13(14)15(24)20-12-5-2-10(3-6-12)16-22-23-9-19-21-17(23)26-16/h2-9H,1H3,(H,20,24). The third-order valence-corrected chi connectivity index (χ3v) is 4.88. The van der Waals surface area contributed by atoms with Crippen LogP contribution >= 0.6 is 22.9 Å². The van der Waals surface area contributed by atoms with Crippen LogP contribution in [0.1, 0.15) is 10.4 Å².